The molecule has 1 unspecified atom stereocenters. The average molecular weight is 195 g/mol. The molecule has 0 saturated carbocycles. The van der Waals surface area contributed by atoms with Gasteiger partial charge in [-0.15, -0.1) is 11.3 Å². The number of rotatable bonds is 2. The summed E-state index contributed by atoms with van der Waals surface area (Å²) < 4.78 is 0. The van der Waals surface area contributed by atoms with Crippen molar-refractivity contribution in [1.29, 1.82) is 0 Å². The predicted octanol–water partition coefficient (Wildman–Crippen LogP) is 2.68. The summed E-state index contributed by atoms with van der Waals surface area (Å²) in [7, 11) is 0. The summed E-state index contributed by atoms with van der Waals surface area (Å²) in [6, 6.07) is 4.41. The van der Waals surface area contributed by atoms with Gasteiger partial charge in [-0.2, -0.15) is 0 Å². The van der Waals surface area contributed by atoms with Gasteiger partial charge >= 0.3 is 0 Å². The van der Waals surface area contributed by atoms with Crippen LogP contribution in [-0.2, 0) is 6.42 Å². The lowest BCUT2D eigenvalue weighted by molar-refractivity contribution is 0.236. The van der Waals surface area contributed by atoms with Gasteiger partial charge in [-0.1, -0.05) is 13.0 Å². The minimum Gasteiger partial charge on any atom is -0.316 e. The molecule has 2 heterocycles. The molecule has 1 aromatic rings. The summed E-state index contributed by atoms with van der Waals surface area (Å²) in [6.07, 6.45) is 3.96. The van der Waals surface area contributed by atoms with E-state index in [1.165, 1.54) is 37.2 Å². The number of hydrogen-bond acceptors (Lipinski definition) is 2. The molecule has 13 heavy (non-hydrogen) atoms. The maximum atomic E-state index is 3.49. The van der Waals surface area contributed by atoms with Crippen molar-refractivity contribution in [2.75, 3.05) is 13.1 Å². The molecule has 0 amide bonds. The van der Waals surface area contributed by atoms with Gasteiger partial charge in [0.25, 0.3) is 0 Å². The Morgan fingerprint density at radius 3 is 3.15 bits per heavy atom. The first kappa shape index (κ1) is 9.22. The van der Waals surface area contributed by atoms with Gasteiger partial charge in [0.2, 0.25) is 0 Å². The summed E-state index contributed by atoms with van der Waals surface area (Å²) in [5.41, 5.74) is 0.503. The molecule has 72 valence electrons. The van der Waals surface area contributed by atoms with Gasteiger partial charge < -0.3 is 5.32 Å². The van der Waals surface area contributed by atoms with Crippen molar-refractivity contribution in [2.24, 2.45) is 5.41 Å². The fourth-order valence-electron chi connectivity index (χ4n) is 2.10. The highest BCUT2D eigenvalue weighted by Crippen LogP contribution is 2.31. The quantitative estimate of drug-likeness (QED) is 0.765. The molecule has 0 spiro atoms. The van der Waals surface area contributed by atoms with Crippen LogP contribution in [-0.4, -0.2) is 13.1 Å². The van der Waals surface area contributed by atoms with Crippen molar-refractivity contribution >= 4 is 11.3 Å². The van der Waals surface area contributed by atoms with Crippen LogP contribution in [0.15, 0.2) is 17.5 Å². The third-order valence-electron chi connectivity index (χ3n) is 2.87. The van der Waals surface area contributed by atoms with Crippen molar-refractivity contribution < 1.29 is 0 Å². The Morgan fingerprint density at radius 2 is 2.54 bits per heavy atom. The third kappa shape index (κ3) is 2.32. The predicted molar refractivity (Wildman–Crippen MR) is 58.2 cm³/mol. The lowest BCUT2D eigenvalue weighted by Gasteiger charge is -2.33. The van der Waals surface area contributed by atoms with Crippen LogP contribution < -0.4 is 5.32 Å². The summed E-state index contributed by atoms with van der Waals surface area (Å²) in [6.45, 7) is 4.80. The molecule has 0 radical (unpaired) electrons. The molecular formula is C11H17NS. The van der Waals surface area contributed by atoms with E-state index in [1.54, 1.807) is 0 Å². The average Bonchev–Trinajstić information content (AvgIpc) is 2.57. The molecule has 0 bridgehead atoms. The highest BCUT2D eigenvalue weighted by atomic mass is 32.1. The molecule has 1 aliphatic heterocycles. The maximum absolute atomic E-state index is 3.49. The Kier molecular flexibility index (Phi) is 2.70. The number of piperidine rings is 1. The highest BCUT2D eigenvalue weighted by Gasteiger charge is 2.26. The van der Waals surface area contributed by atoms with Crippen molar-refractivity contribution in [3.63, 3.8) is 0 Å². The molecule has 0 aliphatic carbocycles. The van der Waals surface area contributed by atoms with Crippen LogP contribution in [0.2, 0.25) is 0 Å². The zero-order valence-electron chi connectivity index (χ0n) is 8.18. The van der Waals surface area contributed by atoms with Gasteiger partial charge in [0.15, 0.2) is 0 Å². The molecule has 2 heteroatoms. The smallest absolute Gasteiger partial charge is 0.00511 e. The molecule has 0 aromatic carbocycles. The standard InChI is InChI=1S/C11H17NS/c1-11(5-3-6-12-9-11)8-10-4-2-7-13-10/h2,4,7,12H,3,5-6,8-9H2,1H3. The maximum Gasteiger partial charge on any atom is 0.00511 e. The molecular weight excluding hydrogens is 178 g/mol. The van der Waals surface area contributed by atoms with Crippen LogP contribution in [0.3, 0.4) is 0 Å². The second-order valence-electron chi connectivity index (χ2n) is 4.35. The van der Waals surface area contributed by atoms with Crippen molar-refractivity contribution in [3.05, 3.63) is 22.4 Å². The molecule has 1 N–H and O–H groups in total. The van der Waals surface area contributed by atoms with E-state index in [0.29, 0.717) is 5.41 Å². The van der Waals surface area contributed by atoms with E-state index < -0.39 is 0 Å². The lowest BCUT2D eigenvalue weighted by atomic mass is 9.79. The van der Waals surface area contributed by atoms with E-state index in [-0.39, 0.29) is 0 Å². The molecule has 1 aliphatic rings. The third-order valence-corrected chi connectivity index (χ3v) is 3.74. The fraction of sp³-hybridized carbons (Fsp3) is 0.636. The minimum atomic E-state index is 0.503. The molecule has 1 saturated heterocycles. The summed E-state index contributed by atoms with van der Waals surface area (Å²) in [4.78, 5) is 1.53. The fourth-order valence-corrected chi connectivity index (χ4v) is 3.02. The largest absolute Gasteiger partial charge is 0.316 e. The van der Waals surface area contributed by atoms with Crippen molar-refractivity contribution in [3.8, 4) is 0 Å². The zero-order chi connectivity index (χ0) is 9.15. The molecule has 1 nitrogen and oxygen atoms in total. The lowest BCUT2D eigenvalue weighted by Crippen LogP contribution is -2.39. The Labute approximate surface area is 84.2 Å². The van der Waals surface area contributed by atoms with Crippen LogP contribution in [0.5, 0.6) is 0 Å². The summed E-state index contributed by atoms with van der Waals surface area (Å²) in [5.74, 6) is 0. The van der Waals surface area contributed by atoms with Crippen molar-refractivity contribution in [1.82, 2.24) is 5.32 Å². The molecule has 1 fully saturated rings. The monoisotopic (exact) mass is 195 g/mol. The summed E-state index contributed by atoms with van der Waals surface area (Å²) >= 11 is 1.89. The van der Waals surface area contributed by atoms with Gasteiger partial charge in [-0.25, -0.2) is 0 Å². The van der Waals surface area contributed by atoms with Gasteiger partial charge in [0.05, 0.1) is 0 Å². The molecule has 2 rings (SSSR count). The van der Waals surface area contributed by atoms with E-state index in [9.17, 15) is 0 Å². The number of hydrogen-bond donors (Lipinski definition) is 1. The Balaban J connectivity index is 1.99. The van der Waals surface area contributed by atoms with E-state index in [4.69, 9.17) is 0 Å². The molecule has 1 aromatic heterocycles. The minimum absolute atomic E-state index is 0.503. The Hall–Kier alpha value is -0.340. The van der Waals surface area contributed by atoms with Gasteiger partial charge in [0, 0.05) is 11.4 Å². The van der Waals surface area contributed by atoms with Crippen molar-refractivity contribution in [2.45, 2.75) is 26.2 Å². The van der Waals surface area contributed by atoms with Crippen LogP contribution in [0, 0.1) is 5.41 Å². The zero-order valence-corrected chi connectivity index (χ0v) is 8.99. The second-order valence-corrected chi connectivity index (χ2v) is 5.38. The number of thiophene rings is 1. The first-order valence-corrected chi connectivity index (χ1v) is 5.90. The second kappa shape index (κ2) is 3.81. The topological polar surface area (TPSA) is 12.0 Å². The number of nitrogens with one attached hydrogen (secondary N) is 1. The Bertz CT molecular complexity index is 247. The van der Waals surface area contributed by atoms with E-state index in [1.807, 2.05) is 11.3 Å². The van der Waals surface area contributed by atoms with Gasteiger partial charge in [-0.05, 0) is 42.7 Å². The SMILES string of the molecule is CC1(Cc2cccs2)CCCNC1. The van der Waals surface area contributed by atoms with E-state index >= 15 is 0 Å². The normalized spacial score (nSPS) is 29.0. The van der Waals surface area contributed by atoms with Crippen LogP contribution in [0.25, 0.3) is 0 Å². The van der Waals surface area contributed by atoms with Gasteiger partial charge in [0.1, 0.15) is 0 Å². The van der Waals surface area contributed by atoms with E-state index in [0.717, 1.165) is 0 Å². The van der Waals surface area contributed by atoms with E-state index in [2.05, 4.69) is 29.8 Å². The highest BCUT2D eigenvalue weighted by molar-refractivity contribution is 7.09. The van der Waals surface area contributed by atoms with Crippen LogP contribution >= 0.6 is 11.3 Å². The molecule has 1 atom stereocenters. The van der Waals surface area contributed by atoms with Crippen LogP contribution in [0.1, 0.15) is 24.6 Å². The first-order chi connectivity index (χ1) is 6.29. The summed E-state index contributed by atoms with van der Waals surface area (Å²) in [5, 5.41) is 5.67. The van der Waals surface area contributed by atoms with Crippen LogP contribution in [0.4, 0.5) is 0 Å². The first-order valence-electron chi connectivity index (χ1n) is 5.02. The Morgan fingerprint density at radius 1 is 1.62 bits per heavy atom. The van der Waals surface area contributed by atoms with Gasteiger partial charge in [-0.3, -0.25) is 0 Å².